The van der Waals surface area contributed by atoms with E-state index in [1.807, 2.05) is 45.0 Å². The van der Waals surface area contributed by atoms with Gasteiger partial charge in [-0.3, -0.25) is 4.79 Å². The number of amides is 1. The molecule has 0 bridgehead atoms. The van der Waals surface area contributed by atoms with Gasteiger partial charge in [-0.2, -0.15) is 0 Å². The van der Waals surface area contributed by atoms with Crippen LogP contribution in [-0.2, 0) is 6.54 Å². The molecule has 0 aliphatic heterocycles. The Morgan fingerprint density at radius 1 is 1.10 bits per heavy atom. The summed E-state index contributed by atoms with van der Waals surface area (Å²) >= 11 is 0. The van der Waals surface area contributed by atoms with Crippen molar-refractivity contribution < 1.29 is 13.9 Å². The lowest BCUT2D eigenvalue weighted by atomic mass is 10.2. The smallest absolute Gasteiger partial charge is 0.287 e. The van der Waals surface area contributed by atoms with E-state index >= 15 is 0 Å². The number of nitrogens with one attached hydrogen (secondary N) is 3. The molecule has 0 radical (unpaired) electrons. The van der Waals surface area contributed by atoms with Crippen molar-refractivity contribution in [3.8, 4) is 5.75 Å². The number of carbonyl (C=O) groups excluding carboxylic acids is 1. The van der Waals surface area contributed by atoms with Crippen LogP contribution in [0.15, 0.2) is 46.0 Å². The maximum absolute atomic E-state index is 12.0. The summed E-state index contributed by atoms with van der Waals surface area (Å²) in [6.07, 6.45) is 2.29. The molecule has 0 saturated heterocycles. The molecule has 1 aromatic heterocycles. The lowest BCUT2D eigenvalue weighted by Crippen LogP contribution is -2.38. The molecule has 0 spiro atoms. The van der Waals surface area contributed by atoms with E-state index in [0.717, 1.165) is 35.8 Å². The summed E-state index contributed by atoms with van der Waals surface area (Å²) < 4.78 is 10.8. The molecule has 3 N–H and O–H groups in total. The zero-order chi connectivity index (χ0) is 20.2. The average molecular weight is 514 g/mol. The largest absolute Gasteiger partial charge is 0.494 e. The van der Waals surface area contributed by atoms with Crippen LogP contribution in [0.2, 0.25) is 0 Å². The minimum absolute atomic E-state index is 0. The molecule has 29 heavy (non-hydrogen) atoms. The topological polar surface area (TPSA) is 87.9 Å². The predicted molar refractivity (Wildman–Crippen MR) is 126 cm³/mol. The summed E-state index contributed by atoms with van der Waals surface area (Å²) in [7, 11) is 0. The van der Waals surface area contributed by atoms with E-state index in [1.54, 1.807) is 6.07 Å². The van der Waals surface area contributed by atoms with Gasteiger partial charge in [-0.1, -0.05) is 18.2 Å². The number of benzene rings is 1. The Labute approximate surface area is 189 Å². The van der Waals surface area contributed by atoms with Crippen LogP contribution in [0.3, 0.4) is 0 Å². The molecule has 0 unspecified atom stereocenters. The van der Waals surface area contributed by atoms with Gasteiger partial charge in [-0.15, -0.1) is 24.0 Å². The van der Waals surface area contributed by atoms with Gasteiger partial charge in [-0.25, -0.2) is 4.99 Å². The molecule has 0 aliphatic rings. The molecule has 0 saturated carbocycles. The van der Waals surface area contributed by atoms with Crippen molar-refractivity contribution in [3.05, 3.63) is 53.5 Å². The van der Waals surface area contributed by atoms with Crippen LogP contribution in [0.25, 0.3) is 0 Å². The molecule has 2 rings (SSSR count). The number of nitrogens with zero attached hydrogens (tertiary/aromatic N) is 1. The number of para-hydroxylation sites is 1. The Hall–Kier alpha value is -2.23. The Morgan fingerprint density at radius 3 is 2.55 bits per heavy atom. The van der Waals surface area contributed by atoms with Gasteiger partial charge in [-0.05, 0) is 39.3 Å². The second-order valence-corrected chi connectivity index (χ2v) is 6.20. The molecule has 160 valence electrons. The third-order valence-corrected chi connectivity index (χ3v) is 4.02. The summed E-state index contributed by atoms with van der Waals surface area (Å²) in [5.41, 5.74) is 1.88. The van der Waals surface area contributed by atoms with Gasteiger partial charge in [0, 0.05) is 30.8 Å². The monoisotopic (exact) mass is 514 g/mol. The number of aryl methyl sites for hydroxylation is 1. The van der Waals surface area contributed by atoms with Crippen molar-refractivity contribution in [2.45, 2.75) is 33.7 Å². The fourth-order valence-electron chi connectivity index (χ4n) is 2.62. The van der Waals surface area contributed by atoms with Crippen molar-refractivity contribution in [1.82, 2.24) is 16.0 Å². The van der Waals surface area contributed by atoms with E-state index in [0.29, 0.717) is 32.0 Å². The normalized spacial score (nSPS) is 10.8. The van der Waals surface area contributed by atoms with E-state index in [-0.39, 0.29) is 29.9 Å². The Bertz CT molecular complexity index is 777. The number of hydrogen-bond donors (Lipinski definition) is 3. The average Bonchev–Trinajstić information content (AvgIpc) is 3.13. The van der Waals surface area contributed by atoms with Gasteiger partial charge < -0.3 is 25.1 Å². The van der Waals surface area contributed by atoms with Gasteiger partial charge >= 0.3 is 0 Å². The number of ether oxygens (including phenoxy) is 1. The van der Waals surface area contributed by atoms with Gasteiger partial charge in [0.2, 0.25) is 0 Å². The van der Waals surface area contributed by atoms with Crippen molar-refractivity contribution in [2.75, 3.05) is 26.2 Å². The van der Waals surface area contributed by atoms with Crippen LogP contribution in [0.1, 0.15) is 41.9 Å². The number of furan rings is 1. The van der Waals surface area contributed by atoms with Crippen LogP contribution in [-0.4, -0.2) is 38.1 Å². The van der Waals surface area contributed by atoms with E-state index in [1.165, 1.54) is 6.26 Å². The van der Waals surface area contributed by atoms with Gasteiger partial charge in [0.15, 0.2) is 11.7 Å². The minimum Gasteiger partial charge on any atom is -0.494 e. The second-order valence-electron chi connectivity index (χ2n) is 6.20. The summed E-state index contributed by atoms with van der Waals surface area (Å²) in [4.78, 5) is 16.6. The third-order valence-electron chi connectivity index (χ3n) is 4.02. The van der Waals surface area contributed by atoms with Crippen molar-refractivity contribution in [1.29, 1.82) is 0 Å². The van der Waals surface area contributed by atoms with Gasteiger partial charge in [0.1, 0.15) is 5.75 Å². The highest BCUT2D eigenvalue weighted by Crippen LogP contribution is 2.18. The van der Waals surface area contributed by atoms with Crippen molar-refractivity contribution >= 4 is 35.8 Å². The minimum atomic E-state index is -0.185. The molecular weight excluding hydrogens is 483 g/mol. The summed E-state index contributed by atoms with van der Waals surface area (Å²) in [6.45, 7) is 9.02. The van der Waals surface area contributed by atoms with Crippen LogP contribution in [0.5, 0.6) is 5.75 Å². The molecule has 1 amide bonds. The fraction of sp³-hybridized carbons (Fsp3) is 0.429. The molecule has 1 aromatic carbocycles. The summed E-state index contributed by atoms with van der Waals surface area (Å²) in [5, 5.41) is 9.38. The van der Waals surface area contributed by atoms with Crippen LogP contribution in [0.4, 0.5) is 0 Å². The Balaban J connectivity index is 0.00000420. The third kappa shape index (κ3) is 8.35. The Kier molecular flexibility index (Phi) is 11.9. The zero-order valence-corrected chi connectivity index (χ0v) is 19.6. The first-order chi connectivity index (χ1) is 13.7. The molecule has 0 aliphatic carbocycles. The summed E-state index contributed by atoms with van der Waals surface area (Å²) in [6, 6.07) is 9.69. The number of aliphatic imine (C=N–C) groups is 1. The van der Waals surface area contributed by atoms with E-state index in [2.05, 4.69) is 20.9 Å². The quantitative estimate of drug-likeness (QED) is 0.196. The van der Waals surface area contributed by atoms with Crippen LogP contribution >= 0.6 is 24.0 Å². The SMILES string of the molecule is CCNC(=NCc1ccccc1OCC)NCCCNC(=O)c1occc1C.I. The zero-order valence-electron chi connectivity index (χ0n) is 17.3. The molecular formula is C21H31IN4O3. The Morgan fingerprint density at radius 2 is 1.86 bits per heavy atom. The highest BCUT2D eigenvalue weighted by Gasteiger charge is 2.11. The maximum Gasteiger partial charge on any atom is 0.287 e. The first kappa shape index (κ1) is 24.8. The standard InChI is InChI=1S/C21H30N4O3.HI/c1-4-22-21(25-15-17-9-6-7-10-18(17)27-5-2)24-13-8-12-23-20(26)19-16(3)11-14-28-19;/h6-7,9-11,14H,4-5,8,12-13,15H2,1-3H3,(H,23,26)(H2,22,24,25);1H. The van der Waals surface area contributed by atoms with Crippen molar-refractivity contribution in [2.24, 2.45) is 4.99 Å². The predicted octanol–water partition coefficient (Wildman–Crippen LogP) is 3.48. The number of halogens is 1. The van der Waals surface area contributed by atoms with Gasteiger partial charge in [0.05, 0.1) is 19.4 Å². The number of guanidine groups is 1. The van der Waals surface area contributed by atoms with Crippen molar-refractivity contribution in [3.63, 3.8) is 0 Å². The highest BCUT2D eigenvalue weighted by atomic mass is 127. The molecule has 8 heteroatoms. The highest BCUT2D eigenvalue weighted by molar-refractivity contribution is 14.0. The van der Waals surface area contributed by atoms with E-state index in [9.17, 15) is 4.79 Å². The number of rotatable bonds is 10. The maximum atomic E-state index is 12.0. The van der Waals surface area contributed by atoms with E-state index < -0.39 is 0 Å². The molecule has 1 heterocycles. The number of hydrogen-bond acceptors (Lipinski definition) is 4. The van der Waals surface area contributed by atoms with E-state index in [4.69, 9.17) is 9.15 Å². The second kappa shape index (κ2) is 13.9. The first-order valence-electron chi connectivity index (χ1n) is 9.70. The fourth-order valence-corrected chi connectivity index (χ4v) is 2.62. The molecule has 0 fully saturated rings. The lowest BCUT2D eigenvalue weighted by molar-refractivity contribution is 0.0925. The summed E-state index contributed by atoms with van der Waals surface area (Å²) in [5.74, 6) is 1.79. The lowest BCUT2D eigenvalue weighted by Gasteiger charge is -2.12. The number of carbonyl (C=O) groups is 1. The molecule has 7 nitrogen and oxygen atoms in total. The molecule has 2 aromatic rings. The molecule has 0 atom stereocenters. The van der Waals surface area contributed by atoms with Gasteiger partial charge in [0.25, 0.3) is 5.91 Å². The van der Waals surface area contributed by atoms with Crippen LogP contribution in [0, 0.1) is 6.92 Å². The van der Waals surface area contributed by atoms with Crippen LogP contribution < -0.4 is 20.7 Å². The first-order valence-corrected chi connectivity index (χ1v) is 9.70.